The minimum absolute atomic E-state index is 0.0955. The zero-order valence-corrected chi connectivity index (χ0v) is 9.79. The molecule has 68 valence electrons. The Morgan fingerprint density at radius 1 is 1.62 bits per heavy atom. The molecule has 0 radical (unpaired) electrons. The lowest BCUT2D eigenvalue weighted by Crippen LogP contribution is -1.92. The Morgan fingerprint density at radius 2 is 2.38 bits per heavy atom. The molecule has 13 heavy (non-hydrogen) atoms. The van der Waals surface area contributed by atoms with E-state index < -0.39 is 0 Å². The molecule has 0 amide bonds. The van der Waals surface area contributed by atoms with E-state index in [9.17, 15) is 0 Å². The average Bonchev–Trinajstić information content (AvgIpc) is 2.14. The first-order valence-electron chi connectivity index (χ1n) is 3.85. The Balaban J connectivity index is 2.66. The highest BCUT2D eigenvalue weighted by molar-refractivity contribution is 14.1. The molecule has 4 heteroatoms. The maximum atomic E-state index is 8.39. The molecule has 0 saturated carbocycles. The summed E-state index contributed by atoms with van der Waals surface area (Å²) in [5.41, 5.74) is 0.990. The van der Waals surface area contributed by atoms with Crippen molar-refractivity contribution in [3.05, 3.63) is 27.6 Å². The first-order chi connectivity index (χ1) is 6.24. The zero-order chi connectivity index (χ0) is 9.68. The lowest BCUT2D eigenvalue weighted by molar-refractivity contribution is 0.815. The van der Waals surface area contributed by atoms with Gasteiger partial charge in [-0.2, -0.15) is 5.26 Å². The molecular weight excluding hydrogens is 298 g/mol. The minimum atomic E-state index is -0.0955. The molecule has 0 fully saturated rings. The van der Waals surface area contributed by atoms with Gasteiger partial charge in [-0.3, -0.25) is 4.98 Å². The van der Waals surface area contributed by atoms with Gasteiger partial charge in [0.05, 0.1) is 11.4 Å². The third-order valence-electron chi connectivity index (χ3n) is 1.60. The Morgan fingerprint density at radius 3 is 3.00 bits per heavy atom. The molecule has 0 aliphatic heterocycles. The molecule has 1 atom stereocenters. The second kappa shape index (κ2) is 5.40. The molecule has 0 unspecified atom stereocenters. The van der Waals surface area contributed by atoms with E-state index in [-0.39, 0.29) is 5.38 Å². The lowest BCUT2D eigenvalue weighted by atomic mass is 10.1. The van der Waals surface area contributed by atoms with Crippen LogP contribution in [0.4, 0.5) is 0 Å². The number of nitriles is 1. The lowest BCUT2D eigenvalue weighted by Gasteiger charge is -2.06. The summed E-state index contributed by atoms with van der Waals surface area (Å²) in [5, 5.41) is 8.30. The van der Waals surface area contributed by atoms with Crippen LogP contribution in [0.15, 0.2) is 18.5 Å². The van der Waals surface area contributed by atoms with Gasteiger partial charge in [-0.15, -0.1) is 11.6 Å². The van der Waals surface area contributed by atoms with E-state index >= 15 is 0 Å². The fraction of sp³-hybridized carbons (Fsp3) is 0.333. The molecule has 0 saturated heterocycles. The Bertz CT molecular complexity index is 322. The summed E-state index contributed by atoms with van der Waals surface area (Å²) < 4.78 is 1.07. The van der Waals surface area contributed by atoms with Crippen molar-refractivity contribution in [3.63, 3.8) is 0 Å². The molecule has 0 bridgehead atoms. The minimum Gasteiger partial charge on any atom is -0.263 e. The first kappa shape index (κ1) is 10.7. The summed E-state index contributed by atoms with van der Waals surface area (Å²) in [6.45, 7) is 0. The summed E-state index contributed by atoms with van der Waals surface area (Å²) in [7, 11) is 0. The second-order valence-corrected chi connectivity index (χ2v) is 4.37. The maximum Gasteiger partial charge on any atom is 0.0622 e. The summed E-state index contributed by atoms with van der Waals surface area (Å²) >= 11 is 8.25. The fourth-order valence-corrected chi connectivity index (χ4v) is 1.71. The molecule has 1 aromatic rings. The number of aromatic nitrogens is 1. The van der Waals surface area contributed by atoms with Crippen molar-refractivity contribution in [2.75, 3.05) is 0 Å². The monoisotopic (exact) mass is 306 g/mol. The van der Waals surface area contributed by atoms with Gasteiger partial charge in [0, 0.05) is 22.4 Å². The summed E-state index contributed by atoms with van der Waals surface area (Å²) in [4.78, 5) is 4.04. The van der Waals surface area contributed by atoms with Gasteiger partial charge in [0.25, 0.3) is 0 Å². The van der Waals surface area contributed by atoms with Gasteiger partial charge in [-0.1, -0.05) is 0 Å². The maximum absolute atomic E-state index is 8.39. The van der Waals surface area contributed by atoms with Gasteiger partial charge in [-0.05, 0) is 40.6 Å². The second-order valence-electron chi connectivity index (χ2n) is 2.60. The number of alkyl halides is 1. The number of halogens is 2. The van der Waals surface area contributed by atoms with Crippen molar-refractivity contribution < 1.29 is 0 Å². The molecular formula is C9H8ClIN2. The Hall–Kier alpha value is -0.340. The third-order valence-corrected chi connectivity index (χ3v) is 2.66. The van der Waals surface area contributed by atoms with Gasteiger partial charge < -0.3 is 0 Å². The van der Waals surface area contributed by atoms with Crippen LogP contribution in [-0.4, -0.2) is 4.98 Å². The standard InChI is InChI=1S/C9H8ClIN2/c10-9(2-1-3-12)7-4-8(11)6-13-5-7/h4-6,9H,1-2H2/t9-/m0/s1. The summed E-state index contributed by atoms with van der Waals surface area (Å²) in [6.07, 6.45) is 4.69. The predicted octanol–water partition coefficient (Wildman–Crippen LogP) is 3.27. The van der Waals surface area contributed by atoms with E-state index in [0.29, 0.717) is 12.8 Å². The van der Waals surface area contributed by atoms with Crippen LogP contribution >= 0.6 is 34.2 Å². The van der Waals surface area contributed by atoms with Crippen LogP contribution in [0.3, 0.4) is 0 Å². The molecule has 0 aliphatic carbocycles. The van der Waals surface area contributed by atoms with E-state index in [0.717, 1.165) is 9.13 Å². The van der Waals surface area contributed by atoms with E-state index in [1.54, 1.807) is 12.4 Å². The van der Waals surface area contributed by atoms with Crippen LogP contribution in [0.2, 0.25) is 0 Å². The van der Waals surface area contributed by atoms with Gasteiger partial charge in [0.2, 0.25) is 0 Å². The highest BCUT2D eigenvalue weighted by Gasteiger charge is 2.07. The van der Waals surface area contributed by atoms with E-state index in [1.165, 1.54) is 0 Å². The molecule has 0 aromatic carbocycles. The number of hydrogen-bond donors (Lipinski definition) is 0. The average molecular weight is 307 g/mol. The van der Waals surface area contributed by atoms with Crippen molar-refractivity contribution in [2.24, 2.45) is 0 Å². The smallest absolute Gasteiger partial charge is 0.0622 e. The highest BCUT2D eigenvalue weighted by Crippen LogP contribution is 2.25. The third kappa shape index (κ3) is 3.49. The van der Waals surface area contributed by atoms with Crippen molar-refractivity contribution in [1.82, 2.24) is 4.98 Å². The summed E-state index contributed by atoms with van der Waals surface area (Å²) in [5.74, 6) is 0. The normalized spacial score (nSPS) is 12.1. The SMILES string of the molecule is N#CCC[C@H](Cl)c1cncc(I)c1. The quantitative estimate of drug-likeness (QED) is 0.635. The van der Waals surface area contributed by atoms with Gasteiger partial charge in [0.1, 0.15) is 0 Å². The largest absolute Gasteiger partial charge is 0.263 e. The van der Waals surface area contributed by atoms with Crippen LogP contribution in [-0.2, 0) is 0 Å². The van der Waals surface area contributed by atoms with Crippen LogP contribution in [0.25, 0.3) is 0 Å². The summed E-state index contributed by atoms with van der Waals surface area (Å²) in [6, 6.07) is 4.06. The van der Waals surface area contributed by atoms with E-state index in [2.05, 4.69) is 33.6 Å². The Labute approximate surface area is 96.1 Å². The van der Waals surface area contributed by atoms with Crippen LogP contribution in [0, 0.1) is 14.9 Å². The fourth-order valence-electron chi connectivity index (χ4n) is 0.958. The number of rotatable bonds is 3. The predicted molar refractivity (Wildman–Crippen MR) is 60.4 cm³/mol. The van der Waals surface area contributed by atoms with Crippen molar-refractivity contribution in [1.29, 1.82) is 5.26 Å². The highest BCUT2D eigenvalue weighted by atomic mass is 127. The molecule has 2 nitrogen and oxygen atoms in total. The van der Waals surface area contributed by atoms with Gasteiger partial charge in [0.15, 0.2) is 0 Å². The topological polar surface area (TPSA) is 36.7 Å². The van der Waals surface area contributed by atoms with Crippen LogP contribution in [0.5, 0.6) is 0 Å². The number of hydrogen-bond acceptors (Lipinski definition) is 2. The molecule has 1 rings (SSSR count). The molecule has 1 heterocycles. The van der Waals surface area contributed by atoms with E-state index in [4.69, 9.17) is 16.9 Å². The molecule has 1 aromatic heterocycles. The molecule has 0 aliphatic rings. The number of pyridine rings is 1. The molecule has 0 spiro atoms. The van der Waals surface area contributed by atoms with Crippen molar-refractivity contribution in [2.45, 2.75) is 18.2 Å². The Kier molecular flexibility index (Phi) is 4.46. The van der Waals surface area contributed by atoms with Crippen LogP contribution in [0.1, 0.15) is 23.8 Å². The van der Waals surface area contributed by atoms with Gasteiger partial charge in [-0.25, -0.2) is 0 Å². The molecule has 0 N–H and O–H groups in total. The first-order valence-corrected chi connectivity index (χ1v) is 5.37. The van der Waals surface area contributed by atoms with Crippen molar-refractivity contribution >= 4 is 34.2 Å². The van der Waals surface area contributed by atoms with Crippen molar-refractivity contribution in [3.8, 4) is 6.07 Å². The number of nitrogens with zero attached hydrogens (tertiary/aromatic N) is 2. The zero-order valence-electron chi connectivity index (χ0n) is 6.87. The van der Waals surface area contributed by atoms with Gasteiger partial charge >= 0.3 is 0 Å². The van der Waals surface area contributed by atoms with E-state index in [1.807, 2.05) is 6.07 Å². The van der Waals surface area contributed by atoms with Crippen LogP contribution < -0.4 is 0 Å².